The SMILES string of the molecule is Cl.NC(=O)Nc1ccccc1.S. The summed E-state index contributed by atoms with van der Waals surface area (Å²) in [5, 5.41) is 2.44. The maximum atomic E-state index is 10.3. The molecule has 1 aromatic rings. The average molecular weight is 207 g/mol. The second-order valence-corrected chi connectivity index (χ2v) is 1.86. The Hall–Kier alpha value is -0.870. The number of carbonyl (C=O) groups is 1. The van der Waals surface area contributed by atoms with Gasteiger partial charge in [0.2, 0.25) is 0 Å². The van der Waals surface area contributed by atoms with E-state index in [1.165, 1.54) is 0 Å². The minimum Gasteiger partial charge on any atom is -0.351 e. The zero-order valence-electron chi connectivity index (χ0n) is 6.28. The number of rotatable bonds is 1. The van der Waals surface area contributed by atoms with E-state index in [1.54, 1.807) is 12.1 Å². The van der Waals surface area contributed by atoms with Crippen molar-refractivity contribution in [2.75, 3.05) is 5.32 Å². The third-order valence-corrected chi connectivity index (χ3v) is 1.04. The lowest BCUT2D eigenvalue weighted by molar-refractivity contribution is 0.259. The van der Waals surface area contributed by atoms with Crippen molar-refractivity contribution in [3.63, 3.8) is 0 Å². The van der Waals surface area contributed by atoms with E-state index in [1.807, 2.05) is 18.2 Å². The van der Waals surface area contributed by atoms with Crippen LogP contribution in [0, 0.1) is 0 Å². The number of hydrogen-bond acceptors (Lipinski definition) is 1. The average Bonchev–Trinajstić information content (AvgIpc) is 1.88. The Labute approximate surface area is 84.2 Å². The Morgan fingerprint density at radius 2 is 1.75 bits per heavy atom. The van der Waals surface area contributed by atoms with Gasteiger partial charge in [0.1, 0.15) is 0 Å². The van der Waals surface area contributed by atoms with Crippen LogP contribution in [0.5, 0.6) is 0 Å². The van der Waals surface area contributed by atoms with Gasteiger partial charge in [0.15, 0.2) is 0 Å². The summed E-state index contributed by atoms with van der Waals surface area (Å²) >= 11 is 0. The molecule has 0 saturated heterocycles. The lowest BCUT2D eigenvalue weighted by Gasteiger charge is -1.97. The zero-order valence-corrected chi connectivity index (χ0v) is 8.10. The van der Waals surface area contributed by atoms with E-state index in [9.17, 15) is 4.79 Å². The molecule has 2 amide bonds. The number of carbonyl (C=O) groups excluding carboxylic acids is 1. The van der Waals surface area contributed by atoms with E-state index >= 15 is 0 Å². The van der Waals surface area contributed by atoms with Gasteiger partial charge in [-0.25, -0.2) is 4.79 Å². The van der Waals surface area contributed by atoms with E-state index in [2.05, 4.69) is 5.32 Å². The molecule has 0 bridgehead atoms. The lowest BCUT2D eigenvalue weighted by atomic mass is 10.3. The van der Waals surface area contributed by atoms with Crippen LogP contribution in [0.15, 0.2) is 30.3 Å². The van der Waals surface area contributed by atoms with Crippen LogP contribution in [0.4, 0.5) is 10.5 Å². The highest BCUT2D eigenvalue weighted by atomic mass is 35.5. The van der Waals surface area contributed by atoms with Gasteiger partial charge in [0.25, 0.3) is 0 Å². The summed E-state index contributed by atoms with van der Waals surface area (Å²) in [6.07, 6.45) is 0. The first-order chi connectivity index (χ1) is 4.79. The van der Waals surface area contributed by atoms with Crippen molar-refractivity contribution >= 4 is 37.6 Å². The molecule has 0 saturated carbocycles. The van der Waals surface area contributed by atoms with E-state index < -0.39 is 6.03 Å². The molecule has 68 valence electrons. The molecule has 5 heteroatoms. The van der Waals surface area contributed by atoms with Crippen LogP contribution in [0.3, 0.4) is 0 Å². The highest BCUT2D eigenvalue weighted by molar-refractivity contribution is 7.59. The first-order valence-corrected chi connectivity index (χ1v) is 2.90. The summed E-state index contributed by atoms with van der Waals surface area (Å²) < 4.78 is 0. The molecule has 0 aliphatic carbocycles. The predicted molar refractivity (Wildman–Crippen MR) is 57.3 cm³/mol. The molecule has 3 nitrogen and oxygen atoms in total. The standard InChI is InChI=1S/C7H8N2O.ClH.H2S/c8-7(10)9-6-4-2-1-3-5-6;;/h1-5H,(H3,8,9,10);1H;1H2. The zero-order chi connectivity index (χ0) is 7.40. The molecule has 0 aromatic heterocycles. The summed E-state index contributed by atoms with van der Waals surface area (Å²) in [6, 6.07) is 8.52. The highest BCUT2D eigenvalue weighted by Crippen LogP contribution is 2.03. The van der Waals surface area contributed by atoms with Crippen molar-refractivity contribution in [2.45, 2.75) is 0 Å². The van der Waals surface area contributed by atoms with E-state index in [0.29, 0.717) is 0 Å². The summed E-state index contributed by atoms with van der Waals surface area (Å²) in [6.45, 7) is 0. The van der Waals surface area contributed by atoms with E-state index in [0.717, 1.165) is 5.69 Å². The third kappa shape index (κ3) is 4.87. The third-order valence-electron chi connectivity index (χ3n) is 1.04. The molecule has 0 heterocycles. The molecule has 0 unspecified atom stereocenters. The second kappa shape index (κ2) is 6.82. The smallest absolute Gasteiger partial charge is 0.316 e. The van der Waals surface area contributed by atoms with Gasteiger partial charge in [0, 0.05) is 5.69 Å². The fourth-order valence-corrected chi connectivity index (χ4v) is 0.664. The number of nitrogens with one attached hydrogen (secondary N) is 1. The Morgan fingerprint density at radius 3 is 2.17 bits per heavy atom. The van der Waals surface area contributed by atoms with Crippen LogP contribution in [0.1, 0.15) is 0 Å². The highest BCUT2D eigenvalue weighted by Gasteiger charge is 1.90. The van der Waals surface area contributed by atoms with Crippen LogP contribution in [0.25, 0.3) is 0 Å². The Balaban J connectivity index is 0. The minimum atomic E-state index is -0.536. The van der Waals surface area contributed by atoms with Gasteiger partial charge in [-0.05, 0) is 12.1 Å². The number of primary amides is 1. The number of benzene rings is 1. The number of halogens is 1. The molecule has 12 heavy (non-hydrogen) atoms. The molecule has 0 spiro atoms. The number of para-hydroxylation sites is 1. The van der Waals surface area contributed by atoms with Crippen LogP contribution in [-0.4, -0.2) is 6.03 Å². The Kier molecular flexibility index (Phi) is 7.78. The van der Waals surface area contributed by atoms with Gasteiger partial charge >= 0.3 is 6.03 Å². The first-order valence-electron chi connectivity index (χ1n) is 2.90. The van der Waals surface area contributed by atoms with Gasteiger partial charge in [-0.2, -0.15) is 13.5 Å². The van der Waals surface area contributed by atoms with Crippen molar-refractivity contribution in [1.82, 2.24) is 0 Å². The molecule has 0 aliphatic rings. The van der Waals surface area contributed by atoms with Gasteiger partial charge in [0.05, 0.1) is 0 Å². The second-order valence-electron chi connectivity index (χ2n) is 1.86. The van der Waals surface area contributed by atoms with Gasteiger partial charge in [-0.15, -0.1) is 12.4 Å². The lowest BCUT2D eigenvalue weighted by Crippen LogP contribution is -2.18. The largest absolute Gasteiger partial charge is 0.351 e. The maximum Gasteiger partial charge on any atom is 0.316 e. The van der Waals surface area contributed by atoms with Crippen LogP contribution >= 0.6 is 25.9 Å². The van der Waals surface area contributed by atoms with Gasteiger partial charge in [-0.3, -0.25) is 0 Å². The molecule has 0 atom stereocenters. The summed E-state index contributed by atoms with van der Waals surface area (Å²) in [4.78, 5) is 10.3. The topological polar surface area (TPSA) is 55.1 Å². The van der Waals surface area contributed by atoms with Crippen molar-refractivity contribution in [1.29, 1.82) is 0 Å². The summed E-state index contributed by atoms with van der Waals surface area (Å²) in [5.74, 6) is 0. The molecule has 3 N–H and O–H groups in total. The summed E-state index contributed by atoms with van der Waals surface area (Å²) in [7, 11) is 0. The molecule has 0 radical (unpaired) electrons. The summed E-state index contributed by atoms with van der Waals surface area (Å²) in [5.41, 5.74) is 5.59. The van der Waals surface area contributed by atoms with Gasteiger partial charge < -0.3 is 11.1 Å². The Morgan fingerprint density at radius 1 is 1.25 bits per heavy atom. The first kappa shape index (κ1) is 13.7. The van der Waals surface area contributed by atoms with Crippen molar-refractivity contribution in [3.05, 3.63) is 30.3 Å². The monoisotopic (exact) mass is 206 g/mol. The van der Waals surface area contributed by atoms with Crippen LogP contribution < -0.4 is 11.1 Å². The van der Waals surface area contributed by atoms with Crippen molar-refractivity contribution in [2.24, 2.45) is 5.73 Å². The number of hydrogen-bond donors (Lipinski definition) is 2. The molecule has 0 fully saturated rings. The molecule has 1 rings (SSSR count). The molecule has 1 aromatic carbocycles. The van der Waals surface area contributed by atoms with Crippen LogP contribution in [-0.2, 0) is 0 Å². The number of anilines is 1. The minimum absolute atomic E-state index is 0. The van der Waals surface area contributed by atoms with Crippen molar-refractivity contribution in [3.8, 4) is 0 Å². The van der Waals surface area contributed by atoms with Gasteiger partial charge in [-0.1, -0.05) is 18.2 Å². The fourth-order valence-electron chi connectivity index (χ4n) is 0.664. The quantitative estimate of drug-likeness (QED) is 0.722. The van der Waals surface area contributed by atoms with E-state index in [4.69, 9.17) is 5.73 Å². The maximum absolute atomic E-state index is 10.3. The molecular formula is C7H11ClN2OS. The van der Waals surface area contributed by atoms with E-state index in [-0.39, 0.29) is 25.9 Å². The Bertz CT molecular complexity index is 230. The number of urea groups is 1. The number of amides is 2. The van der Waals surface area contributed by atoms with Crippen molar-refractivity contribution < 1.29 is 4.79 Å². The predicted octanol–water partition coefficient (Wildman–Crippen LogP) is 1.71. The fraction of sp³-hybridized carbons (Fsp3) is 0. The molecule has 0 aliphatic heterocycles. The molecular weight excluding hydrogens is 196 g/mol. The van der Waals surface area contributed by atoms with Crippen LogP contribution in [0.2, 0.25) is 0 Å². The number of nitrogens with two attached hydrogens (primary N) is 1. The normalized spacial score (nSPS) is 7.33.